The van der Waals surface area contributed by atoms with Gasteiger partial charge in [-0.05, 0) is 12.5 Å². The molecule has 0 saturated heterocycles. The molecular formula is C18H16N6O2S2. The molecule has 28 heavy (non-hydrogen) atoms. The van der Waals surface area contributed by atoms with E-state index in [1.807, 2.05) is 29.8 Å². The first-order valence-corrected chi connectivity index (χ1v) is 10.2. The number of aromatic nitrogens is 5. The van der Waals surface area contributed by atoms with Crippen molar-refractivity contribution in [2.75, 3.05) is 0 Å². The normalized spacial score (nSPS) is 11.1. The Kier molecular flexibility index (Phi) is 4.97. The number of benzene rings is 1. The van der Waals surface area contributed by atoms with E-state index in [1.165, 1.54) is 39.3 Å². The third-order valence-electron chi connectivity index (χ3n) is 4.27. The minimum Gasteiger partial charge on any atom is -0.305 e. The van der Waals surface area contributed by atoms with Gasteiger partial charge in [0, 0.05) is 28.4 Å². The van der Waals surface area contributed by atoms with Gasteiger partial charge in [-0.3, -0.25) is 14.8 Å². The van der Waals surface area contributed by atoms with Crippen molar-refractivity contribution in [3.05, 3.63) is 63.1 Å². The summed E-state index contributed by atoms with van der Waals surface area (Å²) in [6.45, 7) is 2.10. The first kappa shape index (κ1) is 18.4. The standard InChI is InChI=1S/C18H16N6O2S2/c1-12-16(13-6-4-3-5-7-13)15(10-27-12)17-20-21-18(22(17)2)28-11-23-9-14(8-19-23)24(25)26/h3-10H,11H2,1-2H3. The maximum atomic E-state index is 10.8. The summed E-state index contributed by atoms with van der Waals surface area (Å²) in [5.74, 6) is 1.20. The summed E-state index contributed by atoms with van der Waals surface area (Å²) in [5.41, 5.74) is 3.34. The molecule has 0 aliphatic heterocycles. The van der Waals surface area contributed by atoms with E-state index in [2.05, 4.69) is 39.7 Å². The zero-order valence-corrected chi connectivity index (χ0v) is 16.8. The molecule has 0 saturated carbocycles. The molecule has 3 aromatic heterocycles. The maximum absolute atomic E-state index is 10.8. The molecule has 3 heterocycles. The molecule has 4 rings (SSSR count). The number of thioether (sulfide) groups is 1. The molecule has 0 N–H and O–H groups in total. The largest absolute Gasteiger partial charge is 0.307 e. The van der Waals surface area contributed by atoms with Crippen molar-refractivity contribution in [2.45, 2.75) is 18.0 Å². The summed E-state index contributed by atoms with van der Waals surface area (Å²) < 4.78 is 3.46. The molecule has 0 fully saturated rings. The van der Waals surface area contributed by atoms with Gasteiger partial charge in [0.2, 0.25) is 0 Å². The van der Waals surface area contributed by atoms with E-state index in [4.69, 9.17) is 0 Å². The van der Waals surface area contributed by atoms with Crippen LogP contribution in [-0.2, 0) is 12.9 Å². The fourth-order valence-electron chi connectivity index (χ4n) is 2.90. The van der Waals surface area contributed by atoms with E-state index in [9.17, 15) is 10.1 Å². The quantitative estimate of drug-likeness (QED) is 0.265. The van der Waals surface area contributed by atoms with Crippen LogP contribution in [-0.4, -0.2) is 29.5 Å². The van der Waals surface area contributed by atoms with Gasteiger partial charge >= 0.3 is 5.69 Å². The Morgan fingerprint density at radius 1 is 1.25 bits per heavy atom. The lowest BCUT2D eigenvalue weighted by atomic mass is 10.0. The maximum Gasteiger partial charge on any atom is 0.307 e. The molecule has 0 aliphatic carbocycles. The van der Waals surface area contributed by atoms with Crippen molar-refractivity contribution in [1.29, 1.82) is 0 Å². The summed E-state index contributed by atoms with van der Waals surface area (Å²) in [6, 6.07) is 10.2. The number of hydrogen-bond acceptors (Lipinski definition) is 7. The summed E-state index contributed by atoms with van der Waals surface area (Å²) in [7, 11) is 1.92. The van der Waals surface area contributed by atoms with E-state index in [-0.39, 0.29) is 5.69 Å². The first-order valence-electron chi connectivity index (χ1n) is 8.37. The van der Waals surface area contributed by atoms with Crippen LogP contribution in [0.3, 0.4) is 0 Å². The lowest BCUT2D eigenvalue weighted by Gasteiger charge is -2.07. The number of aryl methyl sites for hydroxylation is 1. The fraction of sp³-hybridized carbons (Fsp3) is 0.167. The molecule has 142 valence electrons. The van der Waals surface area contributed by atoms with E-state index in [0.717, 1.165) is 22.1 Å². The topological polar surface area (TPSA) is 91.7 Å². The van der Waals surface area contributed by atoms with Crippen molar-refractivity contribution in [1.82, 2.24) is 24.5 Å². The second-order valence-electron chi connectivity index (χ2n) is 6.08. The highest BCUT2D eigenvalue weighted by atomic mass is 32.2. The highest BCUT2D eigenvalue weighted by Crippen LogP contribution is 2.38. The predicted octanol–water partition coefficient (Wildman–Crippen LogP) is 4.37. The van der Waals surface area contributed by atoms with Crippen LogP contribution in [0.1, 0.15) is 4.88 Å². The van der Waals surface area contributed by atoms with E-state index >= 15 is 0 Å². The third-order valence-corrected chi connectivity index (χ3v) is 6.19. The molecule has 10 heteroatoms. The van der Waals surface area contributed by atoms with Crippen LogP contribution in [0.2, 0.25) is 0 Å². The van der Waals surface area contributed by atoms with E-state index in [1.54, 1.807) is 11.3 Å². The summed E-state index contributed by atoms with van der Waals surface area (Å²) in [5, 5.41) is 26.3. The number of hydrogen-bond donors (Lipinski definition) is 0. The Morgan fingerprint density at radius 3 is 2.75 bits per heavy atom. The molecule has 0 unspecified atom stereocenters. The van der Waals surface area contributed by atoms with Crippen molar-refractivity contribution in [3.63, 3.8) is 0 Å². The lowest BCUT2D eigenvalue weighted by molar-refractivity contribution is -0.385. The Balaban J connectivity index is 1.60. The molecule has 0 aliphatic rings. The van der Waals surface area contributed by atoms with Gasteiger partial charge in [0.15, 0.2) is 11.0 Å². The van der Waals surface area contributed by atoms with Crippen LogP contribution in [0.4, 0.5) is 5.69 Å². The van der Waals surface area contributed by atoms with Gasteiger partial charge in [-0.2, -0.15) is 5.10 Å². The Morgan fingerprint density at radius 2 is 2.04 bits per heavy atom. The Labute approximate surface area is 169 Å². The average molecular weight is 413 g/mol. The number of thiophene rings is 1. The van der Waals surface area contributed by atoms with Gasteiger partial charge in [-0.25, -0.2) is 0 Å². The second kappa shape index (κ2) is 7.56. The van der Waals surface area contributed by atoms with Gasteiger partial charge in [-0.1, -0.05) is 42.1 Å². The molecule has 0 spiro atoms. The zero-order valence-electron chi connectivity index (χ0n) is 15.1. The van der Waals surface area contributed by atoms with Crippen LogP contribution >= 0.6 is 23.1 Å². The minimum atomic E-state index is -0.460. The number of nitrogens with zero attached hydrogens (tertiary/aromatic N) is 6. The van der Waals surface area contributed by atoms with Gasteiger partial charge in [0.05, 0.1) is 10.8 Å². The minimum absolute atomic E-state index is 0.0273. The SMILES string of the molecule is Cc1scc(-c2nnc(SCn3cc([N+](=O)[O-])cn3)n2C)c1-c1ccccc1. The second-order valence-corrected chi connectivity index (χ2v) is 8.08. The Hall–Kier alpha value is -2.98. The molecule has 8 nitrogen and oxygen atoms in total. The lowest BCUT2D eigenvalue weighted by Crippen LogP contribution is -1.99. The summed E-state index contributed by atoms with van der Waals surface area (Å²) >= 11 is 3.11. The zero-order chi connectivity index (χ0) is 19.7. The van der Waals surface area contributed by atoms with Crippen LogP contribution in [0.15, 0.2) is 53.3 Å². The highest BCUT2D eigenvalue weighted by Gasteiger charge is 2.19. The molecular weight excluding hydrogens is 396 g/mol. The van der Waals surface area contributed by atoms with Gasteiger partial charge in [-0.15, -0.1) is 21.5 Å². The fourth-order valence-corrected chi connectivity index (χ4v) is 4.53. The molecule has 0 radical (unpaired) electrons. The third kappa shape index (κ3) is 3.43. The molecule has 0 atom stereocenters. The number of rotatable bonds is 6. The Bertz CT molecular complexity index is 1130. The molecule has 1 aromatic carbocycles. The smallest absolute Gasteiger partial charge is 0.305 e. The van der Waals surface area contributed by atoms with Crippen LogP contribution in [0, 0.1) is 17.0 Å². The predicted molar refractivity (Wildman–Crippen MR) is 109 cm³/mol. The van der Waals surface area contributed by atoms with Gasteiger partial charge in [0.1, 0.15) is 12.4 Å². The summed E-state index contributed by atoms with van der Waals surface area (Å²) in [6.07, 6.45) is 2.64. The van der Waals surface area contributed by atoms with Crippen molar-refractivity contribution >= 4 is 28.8 Å². The molecule has 0 bridgehead atoms. The average Bonchev–Trinajstić information content (AvgIpc) is 3.40. The van der Waals surface area contributed by atoms with Crippen molar-refractivity contribution in [2.24, 2.45) is 7.05 Å². The van der Waals surface area contributed by atoms with Gasteiger partial charge < -0.3 is 4.57 Å². The van der Waals surface area contributed by atoms with Gasteiger partial charge in [0.25, 0.3) is 0 Å². The highest BCUT2D eigenvalue weighted by molar-refractivity contribution is 7.98. The molecule has 0 amide bonds. The van der Waals surface area contributed by atoms with E-state index in [0.29, 0.717) is 5.88 Å². The molecule has 4 aromatic rings. The van der Waals surface area contributed by atoms with Crippen molar-refractivity contribution in [3.8, 4) is 22.5 Å². The van der Waals surface area contributed by atoms with Crippen LogP contribution in [0.25, 0.3) is 22.5 Å². The monoisotopic (exact) mass is 412 g/mol. The first-order chi connectivity index (χ1) is 13.5. The van der Waals surface area contributed by atoms with Crippen LogP contribution in [0.5, 0.6) is 0 Å². The van der Waals surface area contributed by atoms with Crippen LogP contribution < -0.4 is 0 Å². The van der Waals surface area contributed by atoms with Crippen molar-refractivity contribution < 1.29 is 4.92 Å². The summed E-state index contributed by atoms with van der Waals surface area (Å²) in [4.78, 5) is 11.5. The number of nitro groups is 1. The van der Waals surface area contributed by atoms with E-state index < -0.39 is 4.92 Å².